The fourth-order valence-corrected chi connectivity index (χ4v) is 5.64. The van der Waals surface area contributed by atoms with Crippen LogP contribution in [-0.2, 0) is 38.4 Å². The van der Waals surface area contributed by atoms with Crippen LogP contribution in [0.2, 0.25) is 10.0 Å². The van der Waals surface area contributed by atoms with Crippen molar-refractivity contribution in [2.75, 3.05) is 0 Å². The Morgan fingerprint density at radius 3 is 2.24 bits per heavy atom. The highest BCUT2D eigenvalue weighted by molar-refractivity contribution is 6.42. The van der Waals surface area contributed by atoms with Crippen molar-refractivity contribution in [3.8, 4) is 0 Å². The lowest BCUT2D eigenvalue weighted by Crippen LogP contribution is -2.57. The summed E-state index contributed by atoms with van der Waals surface area (Å²) >= 11 is 12.4. The van der Waals surface area contributed by atoms with Gasteiger partial charge in [-0.3, -0.25) is 19.2 Å². The SMILES string of the molecule is CCCC[C@H](NC(=O)[C@H](Cc1c[nH]c2ccccc12)NC(=O)[C@@H](N)Cc1ccccc1)C(=O)N[C@H]([C]=O)Cc1cccc(Cl)c1Cl. The second-order valence-electron chi connectivity index (χ2n) is 11.2. The summed E-state index contributed by atoms with van der Waals surface area (Å²) in [6, 6.07) is 18.1. The van der Waals surface area contributed by atoms with E-state index in [1.165, 1.54) is 0 Å². The zero-order valence-corrected chi connectivity index (χ0v) is 27.0. The normalized spacial score (nSPS) is 13.7. The number of para-hydroxylation sites is 1. The van der Waals surface area contributed by atoms with Crippen molar-refractivity contribution in [2.24, 2.45) is 5.73 Å². The molecule has 6 N–H and O–H groups in total. The van der Waals surface area contributed by atoms with Crippen LogP contribution in [0.1, 0.15) is 42.9 Å². The molecule has 0 spiro atoms. The number of hydrogen-bond donors (Lipinski definition) is 5. The topological polar surface area (TPSA) is 146 Å². The van der Waals surface area contributed by atoms with Crippen LogP contribution in [0.15, 0.2) is 79.0 Å². The fraction of sp³-hybridized carbons (Fsp3) is 0.314. The Kier molecular flexibility index (Phi) is 12.8. The second-order valence-corrected chi connectivity index (χ2v) is 12.0. The van der Waals surface area contributed by atoms with Gasteiger partial charge in [0.1, 0.15) is 12.1 Å². The predicted octanol–water partition coefficient (Wildman–Crippen LogP) is 4.58. The van der Waals surface area contributed by atoms with Gasteiger partial charge >= 0.3 is 0 Å². The molecule has 4 aromatic rings. The van der Waals surface area contributed by atoms with Crippen molar-refractivity contribution in [3.63, 3.8) is 0 Å². The number of aromatic amines is 1. The highest BCUT2D eigenvalue weighted by atomic mass is 35.5. The van der Waals surface area contributed by atoms with E-state index < -0.39 is 41.9 Å². The first-order chi connectivity index (χ1) is 22.2. The number of halogens is 2. The molecule has 3 aromatic carbocycles. The number of rotatable bonds is 16. The summed E-state index contributed by atoms with van der Waals surface area (Å²) in [4.78, 5) is 55.7. The molecule has 4 rings (SSSR count). The van der Waals surface area contributed by atoms with Crippen molar-refractivity contribution in [2.45, 2.75) is 69.6 Å². The molecule has 1 radical (unpaired) electrons. The molecule has 0 unspecified atom stereocenters. The molecule has 11 heteroatoms. The van der Waals surface area contributed by atoms with E-state index in [2.05, 4.69) is 20.9 Å². The van der Waals surface area contributed by atoms with Crippen LogP contribution in [-0.4, -0.2) is 53.2 Å². The number of unbranched alkanes of at least 4 members (excludes halogenated alkanes) is 1. The molecule has 4 atom stereocenters. The number of carbonyl (C=O) groups is 3. The van der Waals surface area contributed by atoms with Crippen LogP contribution in [0.4, 0.5) is 0 Å². The molecule has 0 fully saturated rings. The minimum absolute atomic E-state index is 0.0711. The second kappa shape index (κ2) is 16.9. The largest absolute Gasteiger partial charge is 0.361 e. The van der Waals surface area contributed by atoms with E-state index in [1.54, 1.807) is 24.4 Å². The molecular weight excluding hydrogens is 625 g/mol. The maximum atomic E-state index is 13.9. The molecule has 0 aliphatic carbocycles. The lowest BCUT2D eigenvalue weighted by Gasteiger charge is -2.25. The molecule has 9 nitrogen and oxygen atoms in total. The van der Waals surface area contributed by atoms with Gasteiger partial charge in [0.05, 0.1) is 22.1 Å². The number of carbonyl (C=O) groups excluding carboxylic acids is 4. The summed E-state index contributed by atoms with van der Waals surface area (Å²) in [6.45, 7) is 1.97. The molecular formula is C35H38Cl2N5O4. The van der Waals surface area contributed by atoms with Crippen molar-refractivity contribution in [3.05, 3.63) is 106 Å². The third kappa shape index (κ3) is 9.42. The van der Waals surface area contributed by atoms with E-state index in [0.717, 1.165) is 28.5 Å². The van der Waals surface area contributed by atoms with Crippen molar-refractivity contribution >= 4 is 58.1 Å². The Morgan fingerprint density at radius 2 is 1.50 bits per heavy atom. The van der Waals surface area contributed by atoms with Crippen molar-refractivity contribution in [1.29, 1.82) is 0 Å². The summed E-state index contributed by atoms with van der Waals surface area (Å²) in [5.41, 5.74) is 9.43. The number of hydrogen-bond acceptors (Lipinski definition) is 5. The van der Waals surface area contributed by atoms with Crippen LogP contribution < -0.4 is 21.7 Å². The van der Waals surface area contributed by atoms with E-state index in [-0.39, 0.29) is 24.3 Å². The molecule has 1 aromatic heterocycles. The number of fused-ring (bicyclic) bond motifs is 1. The number of benzene rings is 3. The van der Waals surface area contributed by atoms with Gasteiger partial charge in [0.2, 0.25) is 24.0 Å². The number of nitrogens with one attached hydrogen (secondary N) is 4. The minimum atomic E-state index is -1.04. The molecule has 0 saturated carbocycles. The molecule has 3 amide bonds. The monoisotopic (exact) mass is 662 g/mol. The van der Waals surface area contributed by atoms with Crippen LogP contribution in [0.3, 0.4) is 0 Å². The van der Waals surface area contributed by atoms with Gasteiger partial charge in [0.25, 0.3) is 0 Å². The van der Waals surface area contributed by atoms with Gasteiger partial charge in [-0.25, -0.2) is 0 Å². The van der Waals surface area contributed by atoms with E-state index in [1.807, 2.05) is 67.8 Å². The number of aromatic nitrogens is 1. The summed E-state index contributed by atoms with van der Waals surface area (Å²) in [6.07, 6.45) is 5.88. The highest BCUT2D eigenvalue weighted by Gasteiger charge is 2.30. The lowest BCUT2D eigenvalue weighted by atomic mass is 10.0. The Morgan fingerprint density at radius 1 is 0.804 bits per heavy atom. The minimum Gasteiger partial charge on any atom is -0.361 e. The fourth-order valence-electron chi connectivity index (χ4n) is 5.24. The first-order valence-corrected chi connectivity index (χ1v) is 16.0. The van der Waals surface area contributed by atoms with E-state index in [4.69, 9.17) is 28.9 Å². The number of nitrogens with two attached hydrogens (primary N) is 1. The number of amides is 3. The standard InChI is InChI=1S/C35H38Cl2N5O4/c1-2-3-15-30(34(45)40-25(21-43)18-23-12-9-14-27(36)32(23)37)41-35(46)31(19-24-20-39-29-16-8-7-13-26(24)29)42-33(44)28(38)17-22-10-5-4-6-11-22/h4-14,16,20,25,28,30-31,39H,2-3,15,17-19,38H2,1H3,(H,40,45)(H,41,46)(H,42,44)/t25-,28-,30-,31-/m0/s1. The Balaban J connectivity index is 1.52. The maximum absolute atomic E-state index is 13.9. The Hall–Kier alpha value is -4.18. The Labute approximate surface area is 278 Å². The maximum Gasteiger partial charge on any atom is 0.243 e. The van der Waals surface area contributed by atoms with Crippen LogP contribution >= 0.6 is 23.2 Å². The summed E-state index contributed by atoms with van der Waals surface area (Å²) < 4.78 is 0. The average Bonchev–Trinajstić information content (AvgIpc) is 3.47. The molecule has 0 saturated heterocycles. The molecule has 1 heterocycles. The third-order valence-corrected chi connectivity index (χ3v) is 8.62. The quantitative estimate of drug-likeness (QED) is 0.119. The molecule has 0 aliphatic rings. The first kappa shape index (κ1) is 34.7. The molecule has 241 valence electrons. The summed E-state index contributed by atoms with van der Waals surface area (Å²) in [7, 11) is 0. The smallest absolute Gasteiger partial charge is 0.243 e. The highest BCUT2D eigenvalue weighted by Crippen LogP contribution is 2.26. The summed E-state index contributed by atoms with van der Waals surface area (Å²) in [5.74, 6) is -1.59. The van der Waals surface area contributed by atoms with Gasteiger partial charge in [-0.05, 0) is 41.7 Å². The Bertz CT molecular complexity index is 1640. The van der Waals surface area contributed by atoms with Crippen LogP contribution in [0, 0.1) is 0 Å². The third-order valence-electron chi connectivity index (χ3n) is 7.76. The summed E-state index contributed by atoms with van der Waals surface area (Å²) in [5, 5.41) is 9.86. The van der Waals surface area contributed by atoms with Gasteiger partial charge in [-0.15, -0.1) is 0 Å². The molecule has 0 aliphatic heterocycles. The van der Waals surface area contributed by atoms with Gasteiger partial charge in [-0.1, -0.05) is 104 Å². The van der Waals surface area contributed by atoms with Crippen LogP contribution in [0.25, 0.3) is 10.9 Å². The first-order valence-electron chi connectivity index (χ1n) is 15.3. The van der Waals surface area contributed by atoms with Crippen molar-refractivity contribution < 1.29 is 19.2 Å². The average molecular weight is 664 g/mol. The van der Waals surface area contributed by atoms with Crippen molar-refractivity contribution in [1.82, 2.24) is 20.9 Å². The lowest BCUT2D eigenvalue weighted by molar-refractivity contribution is -0.132. The van der Waals surface area contributed by atoms with Gasteiger partial charge < -0.3 is 26.7 Å². The van der Waals surface area contributed by atoms with Gasteiger partial charge in [-0.2, -0.15) is 0 Å². The zero-order chi connectivity index (χ0) is 33.1. The number of H-pyrrole nitrogens is 1. The van der Waals surface area contributed by atoms with E-state index in [9.17, 15) is 19.2 Å². The van der Waals surface area contributed by atoms with E-state index >= 15 is 0 Å². The zero-order valence-electron chi connectivity index (χ0n) is 25.5. The van der Waals surface area contributed by atoms with Gasteiger partial charge in [0.15, 0.2) is 0 Å². The predicted molar refractivity (Wildman–Crippen MR) is 181 cm³/mol. The molecule has 0 bridgehead atoms. The van der Waals surface area contributed by atoms with Gasteiger partial charge in [0, 0.05) is 29.9 Å². The van der Waals surface area contributed by atoms with Crippen LogP contribution in [0.5, 0.6) is 0 Å². The van der Waals surface area contributed by atoms with E-state index in [0.29, 0.717) is 23.4 Å². The molecule has 46 heavy (non-hydrogen) atoms.